The second kappa shape index (κ2) is 6.20. The van der Waals surface area contributed by atoms with Gasteiger partial charge in [0.05, 0.1) is 0 Å². The van der Waals surface area contributed by atoms with Gasteiger partial charge in [-0.05, 0) is 43.2 Å². The predicted molar refractivity (Wildman–Crippen MR) is 93.2 cm³/mol. The smallest absolute Gasteiger partial charge is 0.328 e. The number of hydrogen-bond acceptors (Lipinski definition) is 2. The van der Waals surface area contributed by atoms with Crippen molar-refractivity contribution < 1.29 is 18.7 Å². The van der Waals surface area contributed by atoms with Crippen LogP contribution in [0.15, 0.2) is 42.5 Å². The number of halogens is 2. The Morgan fingerprint density at radius 2 is 1.92 bits per heavy atom. The molecule has 0 spiro atoms. The molecular weight excluding hydrogens is 326 g/mol. The molecule has 0 saturated carbocycles. The quantitative estimate of drug-likeness (QED) is 0.660. The number of anilines is 1. The molecule has 0 aliphatic rings. The van der Waals surface area contributed by atoms with Crippen LogP contribution >= 0.6 is 0 Å². The SMILES string of the molecule is Cc1cc(O)cc(NC(=O)C(F)(F)Cc2c(C)[nH]c3ccccc23)c1. The van der Waals surface area contributed by atoms with Gasteiger partial charge in [0.15, 0.2) is 0 Å². The standard InChI is InChI=1S/C19H18F2N2O2/c1-11-7-13(9-14(24)8-11)23-18(25)19(20,21)10-16-12(2)22-17-6-4-3-5-15(16)17/h3-9,22,24H,10H2,1-2H3,(H,23,25). The van der Waals surface area contributed by atoms with Gasteiger partial charge in [-0.3, -0.25) is 4.79 Å². The molecule has 0 atom stereocenters. The molecule has 3 rings (SSSR count). The third-order valence-electron chi connectivity index (χ3n) is 4.08. The number of H-pyrrole nitrogens is 1. The fraction of sp³-hybridized carbons (Fsp3) is 0.211. The topological polar surface area (TPSA) is 65.1 Å². The molecule has 1 amide bonds. The Bertz CT molecular complexity index is 927. The minimum Gasteiger partial charge on any atom is -0.508 e. The number of aryl methyl sites for hydroxylation is 2. The fourth-order valence-corrected chi connectivity index (χ4v) is 2.92. The number of aromatic amines is 1. The summed E-state index contributed by atoms with van der Waals surface area (Å²) in [5.74, 6) is -5.08. The van der Waals surface area contributed by atoms with Crippen LogP contribution in [0.25, 0.3) is 10.9 Å². The molecule has 25 heavy (non-hydrogen) atoms. The lowest BCUT2D eigenvalue weighted by atomic mass is 10.0. The molecule has 0 bridgehead atoms. The lowest BCUT2D eigenvalue weighted by Crippen LogP contribution is -2.36. The van der Waals surface area contributed by atoms with Gasteiger partial charge < -0.3 is 15.4 Å². The monoisotopic (exact) mass is 344 g/mol. The highest BCUT2D eigenvalue weighted by molar-refractivity contribution is 5.97. The summed E-state index contributed by atoms with van der Waals surface area (Å²) in [6, 6.07) is 11.4. The number of aromatic hydroxyl groups is 1. The number of rotatable bonds is 4. The maximum absolute atomic E-state index is 14.5. The number of aromatic nitrogens is 1. The molecule has 2 aromatic carbocycles. The summed E-state index contributed by atoms with van der Waals surface area (Å²) < 4.78 is 29.0. The minimum atomic E-state index is -3.59. The summed E-state index contributed by atoms with van der Waals surface area (Å²) in [5, 5.41) is 12.4. The summed E-state index contributed by atoms with van der Waals surface area (Å²) in [5.41, 5.74) is 2.59. The van der Waals surface area contributed by atoms with E-state index in [1.165, 1.54) is 18.2 Å². The normalized spacial score (nSPS) is 11.7. The number of fused-ring (bicyclic) bond motifs is 1. The van der Waals surface area contributed by atoms with Crippen LogP contribution in [0.1, 0.15) is 16.8 Å². The highest BCUT2D eigenvalue weighted by atomic mass is 19.3. The Hall–Kier alpha value is -2.89. The van der Waals surface area contributed by atoms with Gasteiger partial charge >= 0.3 is 5.92 Å². The third kappa shape index (κ3) is 3.47. The maximum atomic E-state index is 14.5. The molecule has 0 saturated heterocycles. The minimum absolute atomic E-state index is 0.0916. The number of carbonyl (C=O) groups excluding carboxylic acids is 1. The van der Waals surface area contributed by atoms with E-state index in [0.29, 0.717) is 22.2 Å². The van der Waals surface area contributed by atoms with Crippen molar-refractivity contribution >= 4 is 22.5 Å². The van der Waals surface area contributed by atoms with Gasteiger partial charge in [0.1, 0.15) is 5.75 Å². The van der Waals surface area contributed by atoms with Crippen molar-refractivity contribution in [1.29, 1.82) is 0 Å². The summed E-state index contributed by atoms with van der Waals surface area (Å²) in [4.78, 5) is 15.1. The zero-order valence-electron chi connectivity index (χ0n) is 13.9. The van der Waals surface area contributed by atoms with E-state index in [9.17, 15) is 18.7 Å². The molecule has 0 fully saturated rings. The van der Waals surface area contributed by atoms with Crippen LogP contribution in [-0.4, -0.2) is 21.9 Å². The van der Waals surface area contributed by atoms with Crippen molar-refractivity contribution in [2.24, 2.45) is 0 Å². The summed E-state index contributed by atoms with van der Waals surface area (Å²) in [6.45, 7) is 3.41. The van der Waals surface area contributed by atoms with Gasteiger partial charge in [-0.2, -0.15) is 8.78 Å². The molecule has 3 aromatic rings. The number of nitrogens with one attached hydrogen (secondary N) is 2. The second-order valence-corrected chi connectivity index (χ2v) is 6.17. The molecule has 130 valence electrons. The number of alkyl halides is 2. The Morgan fingerprint density at radius 1 is 1.20 bits per heavy atom. The van der Waals surface area contributed by atoms with E-state index >= 15 is 0 Å². The van der Waals surface area contributed by atoms with E-state index in [4.69, 9.17) is 0 Å². The maximum Gasteiger partial charge on any atom is 0.328 e. The molecule has 3 N–H and O–H groups in total. The lowest BCUT2D eigenvalue weighted by molar-refractivity contribution is -0.139. The molecule has 0 aliphatic heterocycles. The Kier molecular flexibility index (Phi) is 4.20. The number of amides is 1. The van der Waals surface area contributed by atoms with Gasteiger partial charge in [-0.25, -0.2) is 0 Å². The average Bonchev–Trinajstić information content (AvgIpc) is 2.82. The zero-order valence-corrected chi connectivity index (χ0v) is 13.9. The molecule has 1 aromatic heterocycles. The number of hydrogen-bond donors (Lipinski definition) is 3. The van der Waals surface area contributed by atoms with E-state index in [-0.39, 0.29) is 11.4 Å². The largest absolute Gasteiger partial charge is 0.508 e. The summed E-state index contributed by atoms with van der Waals surface area (Å²) >= 11 is 0. The number of carbonyl (C=O) groups is 1. The van der Waals surface area contributed by atoms with E-state index in [1.54, 1.807) is 32.0 Å². The molecule has 0 radical (unpaired) electrons. The van der Waals surface area contributed by atoms with Crippen molar-refractivity contribution in [2.75, 3.05) is 5.32 Å². The van der Waals surface area contributed by atoms with Crippen LogP contribution in [-0.2, 0) is 11.2 Å². The average molecular weight is 344 g/mol. The van der Waals surface area contributed by atoms with Crippen molar-refractivity contribution in [3.05, 3.63) is 59.3 Å². The highest BCUT2D eigenvalue weighted by Crippen LogP contribution is 2.30. The first-order chi connectivity index (χ1) is 11.8. The highest BCUT2D eigenvalue weighted by Gasteiger charge is 2.40. The van der Waals surface area contributed by atoms with Crippen molar-refractivity contribution in [2.45, 2.75) is 26.2 Å². The van der Waals surface area contributed by atoms with E-state index in [0.717, 1.165) is 5.52 Å². The van der Waals surface area contributed by atoms with Gasteiger partial charge in [-0.15, -0.1) is 0 Å². The first kappa shape index (κ1) is 17.0. The second-order valence-electron chi connectivity index (χ2n) is 6.17. The third-order valence-corrected chi connectivity index (χ3v) is 4.08. The van der Waals surface area contributed by atoms with E-state index in [1.807, 2.05) is 6.07 Å². The molecule has 0 unspecified atom stereocenters. The molecule has 4 nitrogen and oxygen atoms in total. The van der Waals surface area contributed by atoms with E-state index < -0.39 is 18.3 Å². The number of para-hydroxylation sites is 1. The van der Waals surface area contributed by atoms with Crippen LogP contribution in [0.2, 0.25) is 0 Å². The van der Waals surface area contributed by atoms with Crippen LogP contribution in [0.4, 0.5) is 14.5 Å². The predicted octanol–water partition coefficient (Wildman–Crippen LogP) is 4.31. The van der Waals surface area contributed by atoms with Crippen LogP contribution in [0.3, 0.4) is 0 Å². The summed E-state index contributed by atoms with van der Waals surface area (Å²) in [6.07, 6.45) is -0.702. The number of phenols is 1. The Morgan fingerprint density at radius 3 is 2.64 bits per heavy atom. The molecule has 1 heterocycles. The van der Waals surface area contributed by atoms with Crippen LogP contribution in [0.5, 0.6) is 5.75 Å². The fourth-order valence-electron chi connectivity index (χ4n) is 2.92. The molecular formula is C19H18F2N2O2. The van der Waals surface area contributed by atoms with Gasteiger partial charge in [0.2, 0.25) is 0 Å². The van der Waals surface area contributed by atoms with Gasteiger partial charge in [0, 0.05) is 34.8 Å². The van der Waals surface area contributed by atoms with Crippen molar-refractivity contribution in [3.63, 3.8) is 0 Å². The Balaban J connectivity index is 1.85. The number of benzene rings is 2. The molecule has 6 heteroatoms. The summed E-state index contributed by atoms with van der Waals surface area (Å²) in [7, 11) is 0. The lowest BCUT2D eigenvalue weighted by Gasteiger charge is -2.17. The van der Waals surface area contributed by atoms with Crippen LogP contribution < -0.4 is 5.32 Å². The Labute approximate surface area is 143 Å². The van der Waals surface area contributed by atoms with E-state index in [2.05, 4.69) is 10.3 Å². The van der Waals surface area contributed by atoms with Crippen molar-refractivity contribution in [3.8, 4) is 5.75 Å². The van der Waals surface area contributed by atoms with Gasteiger partial charge in [-0.1, -0.05) is 18.2 Å². The van der Waals surface area contributed by atoms with Gasteiger partial charge in [0.25, 0.3) is 5.91 Å². The van der Waals surface area contributed by atoms with Crippen molar-refractivity contribution in [1.82, 2.24) is 4.98 Å². The first-order valence-corrected chi connectivity index (χ1v) is 7.82. The number of phenolic OH excluding ortho intramolecular Hbond substituents is 1. The first-order valence-electron chi connectivity index (χ1n) is 7.82. The molecule has 0 aliphatic carbocycles. The van der Waals surface area contributed by atoms with Crippen LogP contribution in [0, 0.1) is 13.8 Å². The zero-order chi connectivity index (χ0) is 18.2.